The Morgan fingerprint density at radius 1 is 1.78 bits per heavy atom. The van der Waals surface area contributed by atoms with E-state index in [2.05, 4.69) is 20.8 Å². The molecular weight excluding hydrogens is 132 g/mol. The molecule has 1 fully saturated rings. The molecule has 1 aliphatic carbocycles. The van der Waals surface area contributed by atoms with Gasteiger partial charge in [-0.15, -0.1) is 11.6 Å². The van der Waals surface area contributed by atoms with E-state index < -0.39 is 0 Å². The van der Waals surface area contributed by atoms with Crippen LogP contribution in [0.2, 0.25) is 0 Å². The second kappa shape index (κ2) is 2.16. The lowest BCUT2D eigenvalue weighted by atomic mass is 9.65. The highest BCUT2D eigenvalue weighted by molar-refractivity contribution is 6.26. The molecule has 0 aromatic carbocycles. The van der Waals surface area contributed by atoms with Gasteiger partial charge < -0.3 is 0 Å². The van der Waals surface area contributed by atoms with Crippen LogP contribution >= 0.6 is 11.6 Å². The van der Waals surface area contributed by atoms with Gasteiger partial charge in [0.15, 0.2) is 0 Å². The normalized spacial score (nSPS) is 44.7. The summed E-state index contributed by atoms with van der Waals surface area (Å²) in [5.41, 5.74) is 0. The lowest BCUT2D eigenvalue weighted by Gasteiger charge is -2.47. The minimum absolute atomic E-state index is 0.0828. The van der Waals surface area contributed by atoms with E-state index in [1.807, 2.05) is 0 Å². The molecule has 0 aliphatic heterocycles. The Morgan fingerprint density at radius 2 is 2.33 bits per heavy atom. The minimum Gasteiger partial charge on any atom is -0.119 e. The molecule has 0 nitrogen and oxygen atoms in total. The maximum absolute atomic E-state index is 6.20. The van der Waals surface area contributed by atoms with Crippen molar-refractivity contribution in [1.82, 2.24) is 0 Å². The Morgan fingerprint density at radius 3 is 2.44 bits per heavy atom. The van der Waals surface area contributed by atoms with Crippen molar-refractivity contribution in [2.24, 2.45) is 5.92 Å². The quantitative estimate of drug-likeness (QED) is 0.498. The highest BCUT2D eigenvalue weighted by Crippen LogP contribution is 2.51. The van der Waals surface area contributed by atoms with Crippen LogP contribution in [0.5, 0.6) is 0 Å². The van der Waals surface area contributed by atoms with Gasteiger partial charge in [-0.05, 0) is 24.7 Å². The van der Waals surface area contributed by atoms with Gasteiger partial charge >= 0.3 is 0 Å². The van der Waals surface area contributed by atoms with Gasteiger partial charge in [-0.25, -0.2) is 0 Å². The van der Waals surface area contributed by atoms with Gasteiger partial charge in [0.05, 0.1) is 4.87 Å². The third-order valence-corrected chi connectivity index (χ3v) is 3.36. The van der Waals surface area contributed by atoms with Crippen LogP contribution in [0.15, 0.2) is 0 Å². The predicted molar refractivity (Wildman–Crippen MR) is 41.6 cm³/mol. The first-order valence-electron chi connectivity index (χ1n) is 3.63. The first kappa shape index (κ1) is 7.40. The van der Waals surface area contributed by atoms with Gasteiger partial charge in [0, 0.05) is 0 Å². The van der Waals surface area contributed by atoms with Crippen LogP contribution in [0.3, 0.4) is 0 Å². The van der Waals surface area contributed by atoms with Crippen LogP contribution in [0, 0.1) is 11.8 Å². The Labute approximate surface area is 62.6 Å². The summed E-state index contributed by atoms with van der Waals surface area (Å²) in [6, 6.07) is 0. The van der Waals surface area contributed by atoms with E-state index in [4.69, 9.17) is 11.6 Å². The molecule has 0 bridgehead atoms. The fourth-order valence-electron chi connectivity index (χ4n) is 1.53. The van der Waals surface area contributed by atoms with E-state index in [9.17, 15) is 0 Å². The van der Waals surface area contributed by atoms with Gasteiger partial charge in [0.1, 0.15) is 0 Å². The van der Waals surface area contributed by atoms with E-state index in [0.29, 0.717) is 0 Å². The first-order chi connectivity index (χ1) is 4.10. The standard InChI is InChI=1S/C8H14Cl/c1-4-8(9)5-6(2)7(8)3/h6H,4-5H2,1-3H3. The van der Waals surface area contributed by atoms with E-state index in [-0.39, 0.29) is 4.87 Å². The van der Waals surface area contributed by atoms with Crippen molar-refractivity contribution in [3.63, 3.8) is 0 Å². The second-order valence-electron chi connectivity index (χ2n) is 3.11. The number of rotatable bonds is 1. The smallest absolute Gasteiger partial charge is 0.0508 e. The van der Waals surface area contributed by atoms with Crippen LogP contribution in [-0.4, -0.2) is 4.87 Å². The van der Waals surface area contributed by atoms with E-state index in [1.165, 1.54) is 12.3 Å². The third-order valence-electron chi connectivity index (χ3n) is 2.64. The monoisotopic (exact) mass is 145 g/mol. The van der Waals surface area contributed by atoms with Crippen molar-refractivity contribution >= 4 is 11.6 Å². The molecule has 1 aliphatic rings. The lowest BCUT2D eigenvalue weighted by Crippen LogP contribution is -2.44. The van der Waals surface area contributed by atoms with Crippen molar-refractivity contribution in [1.29, 1.82) is 0 Å². The van der Waals surface area contributed by atoms with Gasteiger partial charge in [0.25, 0.3) is 0 Å². The SMILES string of the molecule is CCC1(Cl)CC(C)[C]1C. The van der Waals surface area contributed by atoms with Gasteiger partial charge in [-0.2, -0.15) is 0 Å². The zero-order valence-corrected chi connectivity index (χ0v) is 7.13. The molecule has 53 valence electrons. The molecule has 2 atom stereocenters. The van der Waals surface area contributed by atoms with E-state index in [1.54, 1.807) is 0 Å². The van der Waals surface area contributed by atoms with Crippen molar-refractivity contribution in [2.75, 3.05) is 0 Å². The highest BCUT2D eigenvalue weighted by atomic mass is 35.5. The van der Waals surface area contributed by atoms with Crippen molar-refractivity contribution in [3.05, 3.63) is 5.92 Å². The molecule has 0 aromatic heterocycles. The van der Waals surface area contributed by atoms with Crippen LogP contribution in [0.1, 0.15) is 33.6 Å². The molecule has 0 amide bonds. The average molecular weight is 146 g/mol. The highest BCUT2D eigenvalue weighted by Gasteiger charge is 2.46. The molecule has 1 radical (unpaired) electrons. The largest absolute Gasteiger partial charge is 0.119 e. The van der Waals surface area contributed by atoms with Crippen molar-refractivity contribution in [3.8, 4) is 0 Å². The Hall–Kier alpha value is 0.290. The topological polar surface area (TPSA) is 0 Å². The zero-order chi connectivity index (χ0) is 7.07. The lowest BCUT2D eigenvalue weighted by molar-refractivity contribution is 0.286. The molecule has 1 heteroatoms. The number of alkyl halides is 1. The summed E-state index contributed by atoms with van der Waals surface area (Å²) in [7, 11) is 0. The van der Waals surface area contributed by atoms with Crippen LogP contribution in [0.4, 0.5) is 0 Å². The fraction of sp³-hybridized carbons (Fsp3) is 0.875. The van der Waals surface area contributed by atoms with Crippen LogP contribution in [-0.2, 0) is 0 Å². The van der Waals surface area contributed by atoms with E-state index >= 15 is 0 Å². The molecule has 1 rings (SSSR count). The molecule has 1 saturated carbocycles. The second-order valence-corrected chi connectivity index (χ2v) is 3.83. The van der Waals surface area contributed by atoms with Crippen LogP contribution in [0.25, 0.3) is 0 Å². The van der Waals surface area contributed by atoms with Crippen molar-refractivity contribution < 1.29 is 0 Å². The summed E-state index contributed by atoms with van der Waals surface area (Å²) in [5, 5.41) is 0. The molecule has 0 aromatic rings. The van der Waals surface area contributed by atoms with Gasteiger partial charge in [0.2, 0.25) is 0 Å². The Balaban J connectivity index is 2.48. The first-order valence-corrected chi connectivity index (χ1v) is 4.01. The summed E-state index contributed by atoms with van der Waals surface area (Å²) in [5.74, 6) is 2.24. The summed E-state index contributed by atoms with van der Waals surface area (Å²) in [4.78, 5) is 0.0828. The molecule has 0 heterocycles. The van der Waals surface area contributed by atoms with Crippen molar-refractivity contribution in [2.45, 2.75) is 38.5 Å². The summed E-state index contributed by atoms with van der Waals surface area (Å²) in [6.45, 7) is 6.57. The minimum atomic E-state index is 0.0828. The summed E-state index contributed by atoms with van der Waals surface area (Å²) < 4.78 is 0. The molecule has 0 saturated heterocycles. The summed E-state index contributed by atoms with van der Waals surface area (Å²) >= 11 is 6.20. The maximum Gasteiger partial charge on any atom is 0.0508 e. The van der Waals surface area contributed by atoms with Crippen LogP contribution < -0.4 is 0 Å². The number of hydrogen-bond donors (Lipinski definition) is 0. The maximum atomic E-state index is 6.20. The Bertz CT molecular complexity index is 111. The molecule has 9 heavy (non-hydrogen) atoms. The Kier molecular flexibility index (Phi) is 1.77. The molecular formula is C8H14Cl. The number of halogens is 1. The molecule has 0 N–H and O–H groups in total. The third kappa shape index (κ3) is 0.980. The fourth-order valence-corrected chi connectivity index (χ4v) is 1.95. The van der Waals surface area contributed by atoms with Gasteiger partial charge in [-0.1, -0.05) is 20.8 Å². The van der Waals surface area contributed by atoms with E-state index in [0.717, 1.165) is 12.3 Å². The average Bonchev–Trinajstić information content (AvgIpc) is 1.87. The predicted octanol–water partition coefficient (Wildman–Crippen LogP) is 3.01. The van der Waals surface area contributed by atoms with Gasteiger partial charge in [-0.3, -0.25) is 0 Å². The summed E-state index contributed by atoms with van der Waals surface area (Å²) in [6.07, 6.45) is 2.27. The zero-order valence-electron chi connectivity index (χ0n) is 6.37. The number of hydrogen-bond acceptors (Lipinski definition) is 0. The molecule has 2 unspecified atom stereocenters. The molecule has 0 spiro atoms.